The van der Waals surface area contributed by atoms with Gasteiger partial charge in [0.1, 0.15) is 11.6 Å². The Kier molecular flexibility index (Phi) is 3.89. The Labute approximate surface area is 128 Å². The van der Waals surface area contributed by atoms with Gasteiger partial charge in [-0.15, -0.1) is 5.10 Å². The van der Waals surface area contributed by atoms with Crippen molar-refractivity contribution < 1.29 is 18.0 Å². The van der Waals surface area contributed by atoms with Crippen molar-refractivity contribution in [1.29, 1.82) is 0 Å². The maximum Gasteiger partial charge on any atom is 0.453 e. The van der Waals surface area contributed by atoms with Crippen LogP contribution in [-0.4, -0.2) is 39.2 Å². The van der Waals surface area contributed by atoms with Crippen LogP contribution in [0.15, 0.2) is 18.3 Å². The van der Waals surface area contributed by atoms with E-state index in [0.717, 1.165) is 25.3 Å². The summed E-state index contributed by atoms with van der Waals surface area (Å²) in [5, 5.41) is 7.66. The number of carbonyl (C=O) groups excluding carboxylic acids is 1. The third-order valence-electron chi connectivity index (χ3n) is 3.39. The van der Waals surface area contributed by atoms with Crippen molar-refractivity contribution in [3.8, 4) is 0 Å². The summed E-state index contributed by atoms with van der Waals surface area (Å²) in [5.41, 5.74) is 0.324. The number of amides is 1. The van der Waals surface area contributed by atoms with Crippen LogP contribution in [0.25, 0.3) is 0 Å². The van der Waals surface area contributed by atoms with Crippen LogP contribution in [0.3, 0.4) is 0 Å². The van der Waals surface area contributed by atoms with Crippen molar-refractivity contribution in [2.24, 2.45) is 0 Å². The van der Waals surface area contributed by atoms with E-state index in [1.165, 1.54) is 6.20 Å². The fourth-order valence-electron chi connectivity index (χ4n) is 2.02. The molecule has 23 heavy (non-hydrogen) atoms. The minimum atomic E-state index is -4.62. The van der Waals surface area contributed by atoms with Crippen LogP contribution in [0.5, 0.6) is 0 Å². The van der Waals surface area contributed by atoms with E-state index < -0.39 is 17.9 Å². The normalized spacial score (nSPS) is 14.5. The van der Waals surface area contributed by atoms with Gasteiger partial charge in [0.2, 0.25) is 0 Å². The average molecular weight is 326 g/mol. The Bertz CT molecular complexity index is 692. The van der Waals surface area contributed by atoms with Gasteiger partial charge in [-0.25, -0.2) is 9.97 Å². The Morgan fingerprint density at radius 2 is 2.13 bits per heavy atom. The molecule has 0 saturated carbocycles. The topological polar surface area (TPSA) is 86.8 Å². The zero-order chi connectivity index (χ0) is 16.4. The number of halogens is 3. The number of aromatic amines is 1. The van der Waals surface area contributed by atoms with Gasteiger partial charge in [-0.05, 0) is 18.6 Å². The summed E-state index contributed by atoms with van der Waals surface area (Å²) in [4.78, 5) is 21.5. The Morgan fingerprint density at radius 1 is 1.35 bits per heavy atom. The van der Waals surface area contributed by atoms with Gasteiger partial charge in [-0.2, -0.15) is 13.2 Å². The van der Waals surface area contributed by atoms with Crippen LogP contribution in [-0.2, 0) is 12.7 Å². The van der Waals surface area contributed by atoms with Crippen LogP contribution in [0.1, 0.15) is 28.4 Å². The Balaban J connectivity index is 1.57. The first-order valence-electron chi connectivity index (χ1n) is 6.91. The van der Waals surface area contributed by atoms with Crippen LogP contribution in [0.2, 0.25) is 0 Å². The Hall–Kier alpha value is -2.65. The highest BCUT2D eigenvalue weighted by molar-refractivity contribution is 5.93. The van der Waals surface area contributed by atoms with Crippen molar-refractivity contribution in [3.05, 3.63) is 35.5 Å². The van der Waals surface area contributed by atoms with E-state index in [0.29, 0.717) is 5.56 Å². The van der Waals surface area contributed by atoms with Crippen LogP contribution >= 0.6 is 0 Å². The molecule has 2 N–H and O–H groups in total. The van der Waals surface area contributed by atoms with Crippen LogP contribution in [0, 0.1) is 0 Å². The molecule has 7 nitrogen and oxygen atoms in total. The first kappa shape index (κ1) is 15.3. The van der Waals surface area contributed by atoms with Gasteiger partial charge in [0.05, 0.1) is 12.1 Å². The third kappa shape index (κ3) is 3.41. The van der Waals surface area contributed by atoms with E-state index in [1.54, 1.807) is 12.1 Å². The molecule has 1 aliphatic heterocycles. The molecule has 0 aliphatic carbocycles. The molecule has 0 aromatic carbocycles. The second-order valence-corrected chi connectivity index (χ2v) is 5.03. The fraction of sp³-hybridized carbons (Fsp3) is 0.385. The molecule has 0 spiro atoms. The van der Waals surface area contributed by atoms with Gasteiger partial charge in [0.15, 0.2) is 0 Å². The van der Waals surface area contributed by atoms with Crippen molar-refractivity contribution in [1.82, 2.24) is 25.5 Å². The number of aromatic nitrogens is 4. The fourth-order valence-corrected chi connectivity index (χ4v) is 2.02. The molecule has 1 saturated heterocycles. The summed E-state index contributed by atoms with van der Waals surface area (Å²) in [7, 11) is 0. The first-order chi connectivity index (χ1) is 10.9. The number of hydrogen-bond acceptors (Lipinski definition) is 5. The molecule has 0 radical (unpaired) electrons. The highest BCUT2D eigenvalue weighted by Gasteiger charge is 2.36. The maximum absolute atomic E-state index is 12.4. The first-order valence-corrected chi connectivity index (χ1v) is 6.91. The summed E-state index contributed by atoms with van der Waals surface area (Å²) in [6.07, 6.45) is -2.05. The van der Waals surface area contributed by atoms with Crippen molar-refractivity contribution >= 4 is 11.7 Å². The molecular formula is C13H13F3N6O. The zero-order valence-electron chi connectivity index (χ0n) is 11.9. The highest BCUT2D eigenvalue weighted by Crippen LogP contribution is 2.25. The number of nitrogens with one attached hydrogen (secondary N) is 2. The molecule has 0 atom stereocenters. The van der Waals surface area contributed by atoms with E-state index >= 15 is 0 Å². The van der Waals surface area contributed by atoms with Crippen molar-refractivity contribution in [3.63, 3.8) is 0 Å². The van der Waals surface area contributed by atoms with E-state index in [9.17, 15) is 18.0 Å². The smallest absolute Gasteiger partial charge is 0.356 e. The molecule has 3 heterocycles. The van der Waals surface area contributed by atoms with E-state index in [2.05, 4.69) is 30.4 Å². The summed E-state index contributed by atoms with van der Waals surface area (Å²) in [5.74, 6) is -0.978. The molecule has 1 aliphatic rings. The number of hydrogen-bond donors (Lipinski definition) is 2. The number of carbonyl (C=O) groups is 1. The van der Waals surface area contributed by atoms with Gasteiger partial charge in [0, 0.05) is 19.3 Å². The summed E-state index contributed by atoms with van der Waals surface area (Å²) in [6, 6.07) is 3.36. The standard InChI is InChI=1S/C13H13F3N6O/c14-13(15,16)12-19-9(20-21-12)7-18-11(23)8-2-3-10(17-6-8)22-4-1-5-22/h2-3,6H,1,4-5,7H2,(H,18,23)(H,19,20,21). The van der Waals surface area contributed by atoms with Crippen molar-refractivity contribution in [2.45, 2.75) is 19.1 Å². The van der Waals surface area contributed by atoms with Crippen LogP contribution in [0.4, 0.5) is 19.0 Å². The lowest BCUT2D eigenvalue weighted by molar-refractivity contribution is -0.144. The van der Waals surface area contributed by atoms with Gasteiger partial charge in [-0.1, -0.05) is 0 Å². The SMILES string of the molecule is O=C(NCc1nc(C(F)(F)F)n[nH]1)c1ccc(N2CCC2)nc1. The van der Waals surface area contributed by atoms with E-state index in [1.807, 2.05) is 0 Å². The second-order valence-electron chi connectivity index (χ2n) is 5.03. The lowest BCUT2D eigenvalue weighted by Crippen LogP contribution is -2.37. The number of H-pyrrole nitrogens is 1. The number of pyridine rings is 1. The quantitative estimate of drug-likeness (QED) is 0.886. The largest absolute Gasteiger partial charge is 0.453 e. The molecule has 1 amide bonds. The number of alkyl halides is 3. The number of anilines is 1. The second kappa shape index (κ2) is 5.86. The predicted molar refractivity (Wildman–Crippen MR) is 73.6 cm³/mol. The monoisotopic (exact) mass is 326 g/mol. The third-order valence-corrected chi connectivity index (χ3v) is 3.39. The van der Waals surface area contributed by atoms with Gasteiger partial charge >= 0.3 is 6.18 Å². The number of rotatable bonds is 4. The highest BCUT2D eigenvalue weighted by atomic mass is 19.4. The van der Waals surface area contributed by atoms with Crippen molar-refractivity contribution in [2.75, 3.05) is 18.0 Å². The van der Waals surface area contributed by atoms with Gasteiger partial charge in [-0.3, -0.25) is 9.89 Å². The zero-order valence-corrected chi connectivity index (χ0v) is 11.9. The van der Waals surface area contributed by atoms with Crippen LogP contribution < -0.4 is 10.2 Å². The molecule has 3 rings (SSSR count). The summed E-state index contributed by atoms with van der Waals surface area (Å²) >= 11 is 0. The lowest BCUT2D eigenvalue weighted by Gasteiger charge is -2.31. The minimum absolute atomic E-state index is 0.0733. The molecule has 0 unspecified atom stereocenters. The van der Waals surface area contributed by atoms with E-state index in [4.69, 9.17) is 0 Å². The van der Waals surface area contributed by atoms with E-state index in [-0.39, 0.29) is 12.4 Å². The molecule has 122 valence electrons. The maximum atomic E-state index is 12.4. The average Bonchev–Trinajstić information content (AvgIpc) is 2.93. The molecule has 2 aromatic rings. The summed E-state index contributed by atoms with van der Waals surface area (Å²) in [6.45, 7) is 1.72. The van der Waals surface area contributed by atoms with Gasteiger partial charge in [0.25, 0.3) is 11.7 Å². The molecule has 1 fully saturated rings. The minimum Gasteiger partial charge on any atom is -0.356 e. The summed E-state index contributed by atoms with van der Waals surface area (Å²) < 4.78 is 37.1. The molecule has 0 bridgehead atoms. The predicted octanol–water partition coefficient (Wildman–Crippen LogP) is 1.36. The molecule has 10 heteroatoms. The Morgan fingerprint density at radius 3 is 2.65 bits per heavy atom. The van der Waals surface area contributed by atoms with Gasteiger partial charge < -0.3 is 10.2 Å². The lowest BCUT2D eigenvalue weighted by atomic mass is 10.2. The molecule has 2 aromatic heterocycles. The number of nitrogens with zero attached hydrogens (tertiary/aromatic N) is 4. The molecular weight excluding hydrogens is 313 g/mol.